The molecule has 4 nitrogen and oxygen atoms in total. The fraction of sp³-hybridized carbons (Fsp3) is 0.643. The van der Waals surface area contributed by atoms with Crippen molar-refractivity contribution in [2.24, 2.45) is 0 Å². The average Bonchev–Trinajstić information content (AvgIpc) is 2.83. The highest BCUT2D eigenvalue weighted by molar-refractivity contribution is 5.36. The van der Waals surface area contributed by atoms with Gasteiger partial charge >= 0.3 is 0 Å². The molecule has 1 aromatic rings. The molecular formula is C14H20N2O2. The number of pyridine rings is 1. The van der Waals surface area contributed by atoms with Crippen LogP contribution in [-0.4, -0.2) is 24.0 Å². The summed E-state index contributed by atoms with van der Waals surface area (Å²) in [5.74, 6) is -0.298. The molecule has 1 saturated heterocycles. The fourth-order valence-corrected chi connectivity index (χ4v) is 2.99. The van der Waals surface area contributed by atoms with Crippen LogP contribution in [0.2, 0.25) is 0 Å². The molecule has 3 rings (SSSR count). The van der Waals surface area contributed by atoms with Crippen LogP contribution in [0.3, 0.4) is 0 Å². The number of ether oxygens (including phenoxy) is 2. The van der Waals surface area contributed by atoms with E-state index in [1.165, 1.54) is 0 Å². The molecule has 98 valence electrons. The lowest BCUT2D eigenvalue weighted by Crippen LogP contribution is -2.41. The van der Waals surface area contributed by atoms with E-state index >= 15 is 0 Å². The summed E-state index contributed by atoms with van der Waals surface area (Å²) in [5, 5.41) is 0. The van der Waals surface area contributed by atoms with E-state index in [9.17, 15) is 0 Å². The summed E-state index contributed by atoms with van der Waals surface area (Å²) in [6.07, 6.45) is 5.74. The Balaban J connectivity index is 1.75. The number of anilines is 1. The van der Waals surface area contributed by atoms with Crippen molar-refractivity contribution in [2.75, 3.05) is 18.9 Å². The number of nitrogens with two attached hydrogens (primary N) is 1. The monoisotopic (exact) mass is 248 g/mol. The lowest BCUT2D eigenvalue weighted by atomic mass is 9.71. The van der Waals surface area contributed by atoms with E-state index in [0.717, 1.165) is 50.3 Å². The second kappa shape index (κ2) is 4.21. The zero-order valence-corrected chi connectivity index (χ0v) is 10.8. The predicted molar refractivity (Wildman–Crippen MR) is 69.1 cm³/mol. The van der Waals surface area contributed by atoms with Crippen LogP contribution in [0.1, 0.15) is 38.3 Å². The van der Waals surface area contributed by atoms with Crippen LogP contribution in [-0.2, 0) is 14.9 Å². The number of nitrogens with zero attached hydrogens (tertiary/aromatic N) is 1. The minimum Gasteiger partial charge on any atom is -0.397 e. The first kappa shape index (κ1) is 11.9. The molecule has 2 heterocycles. The summed E-state index contributed by atoms with van der Waals surface area (Å²) in [7, 11) is 0. The molecule has 2 aliphatic rings. The zero-order chi connectivity index (χ0) is 12.6. The summed E-state index contributed by atoms with van der Waals surface area (Å²) in [6, 6.07) is 3.98. The van der Waals surface area contributed by atoms with Crippen molar-refractivity contribution in [2.45, 2.75) is 43.8 Å². The highest BCUT2D eigenvalue weighted by atomic mass is 16.7. The number of rotatable bonds is 1. The second-order valence-electron chi connectivity index (χ2n) is 5.65. The van der Waals surface area contributed by atoms with Gasteiger partial charge in [0.25, 0.3) is 0 Å². The summed E-state index contributed by atoms with van der Waals surface area (Å²) in [4.78, 5) is 4.48. The Morgan fingerprint density at radius 1 is 1.11 bits per heavy atom. The number of aromatic nitrogens is 1. The molecule has 1 saturated carbocycles. The summed E-state index contributed by atoms with van der Waals surface area (Å²) < 4.78 is 11.5. The molecule has 0 atom stereocenters. The molecular weight excluding hydrogens is 228 g/mol. The van der Waals surface area contributed by atoms with Crippen LogP contribution in [0.5, 0.6) is 0 Å². The normalized spacial score (nSPS) is 25.4. The van der Waals surface area contributed by atoms with Crippen molar-refractivity contribution in [3.05, 3.63) is 24.0 Å². The largest absolute Gasteiger partial charge is 0.397 e. The Morgan fingerprint density at radius 3 is 2.33 bits per heavy atom. The molecule has 0 amide bonds. The molecule has 0 unspecified atom stereocenters. The van der Waals surface area contributed by atoms with Crippen LogP contribution < -0.4 is 5.73 Å². The van der Waals surface area contributed by atoms with Crippen LogP contribution in [0.15, 0.2) is 18.3 Å². The molecule has 0 aromatic carbocycles. The van der Waals surface area contributed by atoms with E-state index in [4.69, 9.17) is 15.2 Å². The first-order chi connectivity index (χ1) is 8.62. The maximum atomic E-state index is 5.77. The highest BCUT2D eigenvalue weighted by Crippen LogP contribution is 2.45. The Bertz CT molecular complexity index is 414. The van der Waals surface area contributed by atoms with Gasteiger partial charge in [-0.3, -0.25) is 4.98 Å². The van der Waals surface area contributed by atoms with Gasteiger partial charge in [0.2, 0.25) is 0 Å². The fourth-order valence-electron chi connectivity index (χ4n) is 2.99. The van der Waals surface area contributed by atoms with Crippen molar-refractivity contribution in [1.82, 2.24) is 4.98 Å². The molecule has 1 aliphatic heterocycles. The molecule has 2 N–H and O–H groups in total. The van der Waals surface area contributed by atoms with Gasteiger partial charge in [0, 0.05) is 24.0 Å². The molecule has 1 spiro atoms. The Labute approximate surface area is 107 Å². The number of hydrogen-bond donors (Lipinski definition) is 1. The SMILES string of the molecule is CC1(c2ccc(N)cn2)CCC2(CC1)OCCO2. The van der Waals surface area contributed by atoms with E-state index in [2.05, 4.69) is 11.9 Å². The summed E-state index contributed by atoms with van der Waals surface area (Å²) >= 11 is 0. The van der Waals surface area contributed by atoms with Crippen molar-refractivity contribution >= 4 is 5.69 Å². The van der Waals surface area contributed by atoms with Gasteiger partial charge in [0.1, 0.15) is 0 Å². The minimum absolute atomic E-state index is 0.119. The molecule has 0 bridgehead atoms. The third-order valence-electron chi connectivity index (χ3n) is 4.33. The van der Waals surface area contributed by atoms with Gasteiger partial charge in [-0.1, -0.05) is 6.92 Å². The van der Waals surface area contributed by atoms with Crippen LogP contribution >= 0.6 is 0 Å². The minimum atomic E-state index is -0.298. The molecule has 1 aromatic heterocycles. The van der Waals surface area contributed by atoms with Crippen LogP contribution in [0.25, 0.3) is 0 Å². The second-order valence-corrected chi connectivity index (χ2v) is 5.65. The molecule has 0 radical (unpaired) electrons. The number of hydrogen-bond acceptors (Lipinski definition) is 4. The molecule has 18 heavy (non-hydrogen) atoms. The first-order valence-electron chi connectivity index (χ1n) is 6.62. The van der Waals surface area contributed by atoms with Gasteiger partial charge in [-0.2, -0.15) is 0 Å². The Hall–Kier alpha value is -1.13. The third kappa shape index (κ3) is 1.99. The smallest absolute Gasteiger partial charge is 0.168 e. The van der Waals surface area contributed by atoms with Gasteiger partial charge in [-0.25, -0.2) is 0 Å². The van der Waals surface area contributed by atoms with Crippen molar-refractivity contribution < 1.29 is 9.47 Å². The third-order valence-corrected chi connectivity index (χ3v) is 4.33. The molecule has 4 heteroatoms. The lowest BCUT2D eigenvalue weighted by molar-refractivity contribution is -0.184. The van der Waals surface area contributed by atoms with Crippen LogP contribution in [0.4, 0.5) is 5.69 Å². The maximum absolute atomic E-state index is 5.77. The molecule has 2 fully saturated rings. The molecule has 1 aliphatic carbocycles. The van der Waals surface area contributed by atoms with Crippen molar-refractivity contribution in [3.8, 4) is 0 Å². The van der Waals surface area contributed by atoms with Gasteiger partial charge in [-0.15, -0.1) is 0 Å². The summed E-state index contributed by atoms with van der Waals surface area (Å²) in [6.45, 7) is 3.74. The van der Waals surface area contributed by atoms with E-state index in [0.29, 0.717) is 0 Å². The zero-order valence-electron chi connectivity index (χ0n) is 10.8. The quantitative estimate of drug-likeness (QED) is 0.828. The summed E-state index contributed by atoms with van der Waals surface area (Å²) in [5.41, 5.74) is 7.66. The van der Waals surface area contributed by atoms with E-state index in [-0.39, 0.29) is 11.2 Å². The van der Waals surface area contributed by atoms with Crippen molar-refractivity contribution in [3.63, 3.8) is 0 Å². The van der Waals surface area contributed by atoms with Crippen LogP contribution in [0, 0.1) is 0 Å². The highest BCUT2D eigenvalue weighted by Gasteiger charge is 2.45. The van der Waals surface area contributed by atoms with E-state index in [1.807, 2.05) is 12.1 Å². The lowest BCUT2D eigenvalue weighted by Gasteiger charge is -2.41. The van der Waals surface area contributed by atoms with E-state index in [1.54, 1.807) is 6.20 Å². The topological polar surface area (TPSA) is 57.4 Å². The maximum Gasteiger partial charge on any atom is 0.168 e. The Kier molecular flexibility index (Phi) is 2.79. The number of nitrogen functional groups attached to an aromatic ring is 1. The van der Waals surface area contributed by atoms with Gasteiger partial charge in [-0.05, 0) is 25.0 Å². The standard InChI is InChI=1S/C14H20N2O2/c1-13(12-3-2-11(15)10-16-12)4-6-14(7-5-13)17-8-9-18-14/h2-3,10H,4-9,15H2,1H3. The van der Waals surface area contributed by atoms with Crippen molar-refractivity contribution in [1.29, 1.82) is 0 Å². The predicted octanol–water partition coefficient (Wildman–Crippen LogP) is 2.24. The first-order valence-corrected chi connectivity index (χ1v) is 6.62. The average molecular weight is 248 g/mol. The van der Waals surface area contributed by atoms with Gasteiger partial charge in [0.15, 0.2) is 5.79 Å². The van der Waals surface area contributed by atoms with Gasteiger partial charge in [0.05, 0.1) is 25.1 Å². The van der Waals surface area contributed by atoms with Gasteiger partial charge < -0.3 is 15.2 Å². The Morgan fingerprint density at radius 2 is 1.78 bits per heavy atom. The van der Waals surface area contributed by atoms with E-state index < -0.39 is 0 Å².